The third kappa shape index (κ3) is 4.21. The number of benzene rings is 4. The number of fused-ring (bicyclic) bond motifs is 4. The fourth-order valence-corrected chi connectivity index (χ4v) is 8.18. The van der Waals surface area contributed by atoms with Crippen molar-refractivity contribution >= 4 is 52.2 Å². The molecule has 4 aromatic rings. The molecular weight excluding hydrogens is 554 g/mol. The molecule has 4 N–H and O–H groups in total. The highest BCUT2D eigenvalue weighted by atomic mass is 32.2. The monoisotopic (exact) mass is 585 g/mol. The Hall–Kier alpha value is -4.63. The Morgan fingerprint density at radius 2 is 1.63 bits per heavy atom. The molecule has 0 amide bonds. The number of nitrogens with zero attached hydrogens (tertiary/aromatic N) is 3. The first kappa shape index (κ1) is 24.9. The van der Waals surface area contributed by atoms with Crippen LogP contribution in [0.3, 0.4) is 0 Å². The van der Waals surface area contributed by atoms with Crippen molar-refractivity contribution in [1.29, 1.82) is 0 Å². The molecule has 5 aliphatic rings. The number of ether oxygens (including phenoxy) is 1. The van der Waals surface area contributed by atoms with Gasteiger partial charge in [0.1, 0.15) is 23.1 Å². The first-order valence-corrected chi connectivity index (χ1v) is 15.8. The van der Waals surface area contributed by atoms with Crippen molar-refractivity contribution in [1.82, 2.24) is 0 Å². The van der Waals surface area contributed by atoms with Crippen LogP contribution >= 0.6 is 11.8 Å². The van der Waals surface area contributed by atoms with E-state index in [1.165, 1.54) is 27.4 Å². The van der Waals surface area contributed by atoms with E-state index in [4.69, 9.17) is 9.84 Å². The molecule has 214 valence electrons. The first-order chi connectivity index (χ1) is 21.3. The molecular formula is C34H31N7OS. The Balaban J connectivity index is 1.00. The third-order valence-corrected chi connectivity index (χ3v) is 10.3. The number of anilines is 5. The predicted molar refractivity (Wildman–Crippen MR) is 176 cm³/mol. The van der Waals surface area contributed by atoms with Gasteiger partial charge in [-0.15, -0.1) is 5.10 Å². The second-order valence-electron chi connectivity index (χ2n) is 11.7. The van der Waals surface area contributed by atoms with Crippen LogP contribution in [0.5, 0.6) is 5.75 Å². The normalized spacial score (nSPS) is 26.0. The topological polar surface area (TPSA) is 85.3 Å². The molecule has 0 fully saturated rings. The van der Waals surface area contributed by atoms with Gasteiger partial charge in [0.25, 0.3) is 0 Å². The summed E-state index contributed by atoms with van der Waals surface area (Å²) < 4.78 is 6.41. The predicted octanol–water partition coefficient (Wildman–Crippen LogP) is 6.98. The van der Waals surface area contributed by atoms with Gasteiger partial charge in [-0.1, -0.05) is 66.4 Å². The summed E-state index contributed by atoms with van der Waals surface area (Å²) in [5, 5.41) is 24.4. The van der Waals surface area contributed by atoms with Gasteiger partial charge in [0.05, 0.1) is 23.0 Å². The van der Waals surface area contributed by atoms with Gasteiger partial charge in [-0.25, -0.2) is 0 Å². The number of nitrogens with one attached hydrogen (secondary N) is 4. The highest BCUT2D eigenvalue weighted by Crippen LogP contribution is 2.50. The van der Waals surface area contributed by atoms with Crippen molar-refractivity contribution in [2.75, 3.05) is 32.7 Å². The Morgan fingerprint density at radius 3 is 2.56 bits per heavy atom. The first-order valence-electron chi connectivity index (χ1n) is 14.9. The Morgan fingerprint density at radius 1 is 0.791 bits per heavy atom. The minimum atomic E-state index is -0.102. The fraction of sp³-hybridized carbons (Fsp3) is 0.235. The summed E-state index contributed by atoms with van der Waals surface area (Å²) in [6.07, 6.45) is 3.55. The van der Waals surface area contributed by atoms with Gasteiger partial charge in [-0.3, -0.25) is 0 Å². The molecule has 0 radical (unpaired) electrons. The Labute approximate surface area is 254 Å². The zero-order valence-electron chi connectivity index (χ0n) is 23.4. The molecule has 9 rings (SSSR count). The third-order valence-electron chi connectivity index (χ3n) is 9.07. The van der Waals surface area contributed by atoms with E-state index >= 15 is 0 Å². The maximum absolute atomic E-state index is 6.41. The molecule has 0 saturated carbocycles. The van der Waals surface area contributed by atoms with E-state index in [-0.39, 0.29) is 29.6 Å². The molecule has 0 saturated heterocycles. The zero-order chi connectivity index (χ0) is 28.3. The summed E-state index contributed by atoms with van der Waals surface area (Å²) >= 11 is 1.87. The second-order valence-corrected chi connectivity index (χ2v) is 12.8. The van der Waals surface area contributed by atoms with Crippen molar-refractivity contribution in [3.05, 3.63) is 102 Å². The standard InChI is InChI=1S/C34H31N7OS/c1-4-13-27-20(8-1)18-21(33-37-24-10-2-5-14-28(24)42-33)19-41(27)32-23(16-17-35-40-32)31-36-26-12-7-9-22(30(26)39-31)34-38-25-11-3-6-15-29(25)43-34/h1-15,17,21,23,31,33-34,36-39H,16,18-19H2. The van der Waals surface area contributed by atoms with E-state index in [1.54, 1.807) is 0 Å². The zero-order valence-corrected chi connectivity index (χ0v) is 24.2. The van der Waals surface area contributed by atoms with Gasteiger partial charge >= 0.3 is 0 Å². The van der Waals surface area contributed by atoms with Gasteiger partial charge in [-0.05, 0) is 54.8 Å². The van der Waals surface area contributed by atoms with Gasteiger partial charge in [0.2, 0.25) is 0 Å². The summed E-state index contributed by atoms with van der Waals surface area (Å²) in [5.41, 5.74) is 8.29. The van der Waals surface area contributed by atoms with E-state index in [9.17, 15) is 0 Å². The highest BCUT2D eigenvalue weighted by molar-refractivity contribution is 8.00. The lowest BCUT2D eigenvalue weighted by Crippen LogP contribution is -2.52. The van der Waals surface area contributed by atoms with Crippen molar-refractivity contribution in [2.24, 2.45) is 22.0 Å². The van der Waals surface area contributed by atoms with Gasteiger partial charge in [0.15, 0.2) is 6.23 Å². The molecule has 0 aromatic heterocycles. The Bertz CT molecular complexity index is 1740. The van der Waals surface area contributed by atoms with Crippen molar-refractivity contribution in [2.45, 2.75) is 35.5 Å². The molecule has 4 aromatic carbocycles. The molecule has 0 spiro atoms. The van der Waals surface area contributed by atoms with E-state index in [2.05, 4.69) is 104 Å². The van der Waals surface area contributed by atoms with Crippen molar-refractivity contribution < 1.29 is 4.74 Å². The molecule has 43 heavy (non-hydrogen) atoms. The second kappa shape index (κ2) is 9.98. The van der Waals surface area contributed by atoms with Crippen LogP contribution in [0.15, 0.2) is 106 Å². The van der Waals surface area contributed by atoms with Crippen LogP contribution in [0.1, 0.15) is 22.9 Å². The number of amidine groups is 1. The molecule has 5 heterocycles. The summed E-state index contributed by atoms with van der Waals surface area (Å²) in [4.78, 5) is 3.67. The largest absolute Gasteiger partial charge is 0.468 e. The van der Waals surface area contributed by atoms with E-state index in [0.717, 1.165) is 48.0 Å². The smallest absolute Gasteiger partial charge is 0.175 e. The highest BCUT2D eigenvalue weighted by Gasteiger charge is 2.41. The number of thioether (sulfide) groups is 1. The average Bonchev–Trinajstić information content (AvgIpc) is 3.80. The van der Waals surface area contributed by atoms with Crippen LogP contribution in [0.25, 0.3) is 0 Å². The van der Waals surface area contributed by atoms with E-state index < -0.39 is 0 Å². The van der Waals surface area contributed by atoms with Gasteiger partial charge < -0.3 is 30.9 Å². The van der Waals surface area contributed by atoms with E-state index in [1.807, 2.05) is 36.2 Å². The molecule has 5 atom stereocenters. The van der Waals surface area contributed by atoms with Crippen LogP contribution < -0.4 is 30.9 Å². The van der Waals surface area contributed by atoms with Crippen LogP contribution in [0, 0.1) is 11.8 Å². The number of hydrogen-bond donors (Lipinski definition) is 4. The Kier molecular flexibility index (Phi) is 5.79. The van der Waals surface area contributed by atoms with E-state index in [0.29, 0.717) is 0 Å². The van der Waals surface area contributed by atoms with Gasteiger partial charge in [0, 0.05) is 40.5 Å². The van der Waals surface area contributed by atoms with Crippen LogP contribution in [0.4, 0.5) is 28.4 Å². The van der Waals surface area contributed by atoms with Crippen LogP contribution in [0.2, 0.25) is 0 Å². The minimum Gasteiger partial charge on any atom is -0.468 e. The molecule has 0 bridgehead atoms. The quantitative estimate of drug-likeness (QED) is 0.206. The van der Waals surface area contributed by atoms with Crippen molar-refractivity contribution in [3.8, 4) is 5.75 Å². The maximum atomic E-state index is 6.41. The summed E-state index contributed by atoms with van der Waals surface area (Å²) in [6, 6.07) is 31.9. The van der Waals surface area contributed by atoms with Crippen molar-refractivity contribution in [3.63, 3.8) is 0 Å². The fourth-order valence-electron chi connectivity index (χ4n) is 7.01. The maximum Gasteiger partial charge on any atom is 0.175 e. The molecule has 0 aliphatic carbocycles. The minimum absolute atomic E-state index is 0.0203. The van der Waals surface area contributed by atoms with Gasteiger partial charge in [-0.2, -0.15) is 5.10 Å². The SMILES string of the molecule is C1=NN=C(N2CC(C3Nc4ccccc4O3)Cc3ccccc32)C(C2Nc3cccc(C4Nc5ccccc5S4)c3N2)C1. The van der Waals surface area contributed by atoms with Crippen LogP contribution in [-0.2, 0) is 6.42 Å². The number of hydrogen-bond acceptors (Lipinski definition) is 9. The molecule has 5 unspecified atom stereocenters. The summed E-state index contributed by atoms with van der Waals surface area (Å²) in [5.74, 6) is 2.22. The average molecular weight is 586 g/mol. The lowest BCUT2D eigenvalue weighted by atomic mass is 9.89. The summed E-state index contributed by atoms with van der Waals surface area (Å²) in [7, 11) is 0. The number of para-hydroxylation sites is 5. The molecule has 5 aliphatic heterocycles. The lowest BCUT2D eigenvalue weighted by molar-refractivity contribution is 0.179. The summed E-state index contributed by atoms with van der Waals surface area (Å²) in [6.45, 7) is 0.791. The lowest BCUT2D eigenvalue weighted by Gasteiger charge is -2.41. The number of rotatable bonds is 3. The van der Waals surface area contributed by atoms with Crippen LogP contribution in [-0.4, -0.2) is 31.0 Å². The molecule has 9 heteroatoms. The molecule has 8 nitrogen and oxygen atoms in total.